The van der Waals surface area contributed by atoms with Gasteiger partial charge in [-0.25, -0.2) is 4.79 Å². The summed E-state index contributed by atoms with van der Waals surface area (Å²) in [7, 11) is 1.52. The highest BCUT2D eigenvalue weighted by Gasteiger charge is 2.57. The van der Waals surface area contributed by atoms with E-state index in [-0.39, 0.29) is 23.6 Å². The van der Waals surface area contributed by atoms with Gasteiger partial charge in [-0.15, -0.1) is 11.3 Å². The molecule has 10 heteroatoms. The smallest absolute Gasteiger partial charge is 0.358 e. The van der Waals surface area contributed by atoms with Crippen molar-refractivity contribution in [1.29, 1.82) is 0 Å². The van der Waals surface area contributed by atoms with Crippen molar-refractivity contribution in [1.82, 2.24) is 10.2 Å². The van der Waals surface area contributed by atoms with Gasteiger partial charge in [0.25, 0.3) is 5.91 Å². The Morgan fingerprint density at radius 3 is 2.55 bits per heavy atom. The lowest BCUT2D eigenvalue weighted by atomic mass is 9.83. The summed E-state index contributed by atoms with van der Waals surface area (Å²) in [5, 5.41) is 12.5. The van der Waals surface area contributed by atoms with Crippen molar-refractivity contribution in [2.45, 2.75) is 46.3 Å². The molecule has 0 aliphatic carbocycles. The minimum Gasteiger partial charge on any atom is -0.427 e. The molecule has 0 unspecified atom stereocenters. The molecule has 3 rings (SSSR count). The van der Waals surface area contributed by atoms with E-state index in [9.17, 15) is 24.3 Å². The van der Waals surface area contributed by atoms with E-state index >= 15 is 0 Å². The molecule has 3 atom stereocenters. The molecule has 1 fully saturated rings. The Bertz CT molecular complexity index is 957. The molecular formula is C21H26N2O7S. The number of aliphatic hydroxyl groups excluding tert-OH is 1. The van der Waals surface area contributed by atoms with Gasteiger partial charge in [-0.1, -0.05) is 0 Å². The second kappa shape index (κ2) is 8.43. The number of fused-ring (bicyclic) bond motifs is 1. The quantitative estimate of drug-likeness (QED) is 0.383. The second-order valence-electron chi connectivity index (χ2n) is 8.55. The molecule has 168 valence electrons. The number of ether oxygens (including phenoxy) is 2. The summed E-state index contributed by atoms with van der Waals surface area (Å²) >= 11 is 1.20. The van der Waals surface area contributed by atoms with Crippen LogP contribution in [0.25, 0.3) is 5.57 Å². The van der Waals surface area contributed by atoms with Crippen molar-refractivity contribution < 1.29 is 33.8 Å². The van der Waals surface area contributed by atoms with Crippen LogP contribution in [0.15, 0.2) is 17.8 Å². The highest BCUT2D eigenvalue weighted by molar-refractivity contribution is 7.15. The number of hydrogen-bond donors (Lipinski definition) is 2. The van der Waals surface area contributed by atoms with Gasteiger partial charge in [0, 0.05) is 17.5 Å². The number of thiophene rings is 1. The number of nitrogens with one attached hydrogen (secondary N) is 1. The second-order valence-corrected chi connectivity index (χ2v) is 9.63. The predicted molar refractivity (Wildman–Crippen MR) is 112 cm³/mol. The van der Waals surface area contributed by atoms with Crippen molar-refractivity contribution in [2.75, 3.05) is 13.8 Å². The van der Waals surface area contributed by atoms with Crippen molar-refractivity contribution in [3.8, 4) is 0 Å². The number of amides is 2. The molecule has 2 amide bonds. The standard InChI is InChI=1S/C21H26N2O7S/c1-10(24)15-12-8-11(13-6-7-14(31-13)17(25)22-5)16(23(12)18(15)26)19(27)29-9-30-20(28)21(2,3)4/h6-7,10,12,15,24H,8-9H2,1-5H3,(H,22,25)/t10-,12-,15-/m1/s1. The van der Waals surface area contributed by atoms with Crippen LogP contribution in [0.1, 0.15) is 48.7 Å². The Morgan fingerprint density at radius 2 is 1.97 bits per heavy atom. The van der Waals surface area contributed by atoms with Gasteiger partial charge in [0.05, 0.1) is 28.4 Å². The summed E-state index contributed by atoms with van der Waals surface area (Å²) in [5.41, 5.74) is -0.127. The molecule has 0 spiro atoms. The van der Waals surface area contributed by atoms with Crippen LogP contribution >= 0.6 is 11.3 Å². The van der Waals surface area contributed by atoms with E-state index in [4.69, 9.17) is 9.47 Å². The third-order valence-electron chi connectivity index (χ3n) is 5.27. The first-order chi connectivity index (χ1) is 14.5. The van der Waals surface area contributed by atoms with Gasteiger partial charge in [0.2, 0.25) is 12.7 Å². The molecule has 2 N–H and O–H groups in total. The summed E-state index contributed by atoms with van der Waals surface area (Å²) in [5.74, 6) is -2.56. The Balaban J connectivity index is 1.86. The molecule has 1 aromatic heterocycles. The van der Waals surface area contributed by atoms with Crippen LogP contribution < -0.4 is 5.32 Å². The van der Waals surface area contributed by atoms with Crippen LogP contribution in [0.2, 0.25) is 0 Å². The van der Waals surface area contributed by atoms with Crippen LogP contribution in [-0.4, -0.2) is 59.7 Å². The van der Waals surface area contributed by atoms with Crippen LogP contribution in [-0.2, 0) is 23.9 Å². The van der Waals surface area contributed by atoms with E-state index in [0.717, 1.165) is 0 Å². The number of carbonyl (C=O) groups is 4. The van der Waals surface area contributed by atoms with E-state index in [1.54, 1.807) is 32.9 Å². The summed E-state index contributed by atoms with van der Waals surface area (Å²) < 4.78 is 10.1. The zero-order valence-electron chi connectivity index (χ0n) is 18.1. The summed E-state index contributed by atoms with van der Waals surface area (Å²) in [6, 6.07) is 2.99. The number of β-lactam (4-membered cyclic amide) rings is 1. The number of hydrogen-bond acceptors (Lipinski definition) is 8. The Morgan fingerprint density at radius 1 is 1.29 bits per heavy atom. The third-order valence-corrected chi connectivity index (χ3v) is 6.41. The molecular weight excluding hydrogens is 424 g/mol. The largest absolute Gasteiger partial charge is 0.427 e. The molecule has 1 aromatic rings. The fraction of sp³-hybridized carbons (Fsp3) is 0.524. The van der Waals surface area contributed by atoms with Crippen molar-refractivity contribution in [3.05, 3.63) is 27.6 Å². The van der Waals surface area contributed by atoms with Crippen molar-refractivity contribution >= 4 is 40.7 Å². The van der Waals surface area contributed by atoms with Gasteiger partial charge in [0.1, 0.15) is 5.70 Å². The molecule has 0 aromatic carbocycles. The predicted octanol–water partition coefficient (Wildman–Crippen LogP) is 1.52. The fourth-order valence-electron chi connectivity index (χ4n) is 3.65. The van der Waals surface area contributed by atoms with Crippen molar-refractivity contribution in [3.63, 3.8) is 0 Å². The number of nitrogens with zero attached hydrogens (tertiary/aromatic N) is 1. The van der Waals surface area contributed by atoms with Gasteiger partial charge < -0.3 is 24.8 Å². The lowest BCUT2D eigenvalue weighted by Crippen LogP contribution is -2.61. The van der Waals surface area contributed by atoms with Gasteiger partial charge in [-0.2, -0.15) is 0 Å². The molecule has 0 radical (unpaired) electrons. The Labute approximate surface area is 184 Å². The minimum atomic E-state index is -0.858. The zero-order chi connectivity index (χ0) is 23.1. The first-order valence-electron chi connectivity index (χ1n) is 9.88. The number of aliphatic hydroxyl groups is 1. The fourth-order valence-corrected chi connectivity index (χ4v) is 4.65. The van der Waals surface area contributed by atoms with E-state index < -0.39 is 36.2 Å². The van der Waals surface area contributed by atoms with Gasteiger partial charge in [0.15, 0.2) is 0 Å². The average Bonchev–Trinajstić information content (AvgIpc) is 3.28. The van der Waals surface area contributed by atoms with Gasteiger partial charge in [-0.3, -0.25) is 14.4 Å². The number of carbonyl (C=O) groups excluding carboxylic acids is 4. The first kappa shape index (κ1) is 23.0. The Hall–Kier alpha value is -2.72. The highest BCUT2D eigenvalue weighted by atomic mass is 32.1. The van der Waals surface area contributed by atoms with E-state index in [2.05, 4.69) is 5.32 Å². The van der Waals surface area contributed by atoms with E-state index in [1.165, 1.54) is 30.2 Å². The first-order valence-corrected chi connectivity index (χ1v) is 10.7. The molecule has 2 aliphatic rings. The number of esters is 2. The van der Waals surface area contributed by atoms with Crippen LogP contribution in [0.5, 0.6) is 0 Å². The Kier molecular flexibility index (Phi) is 6.24. The summed E-state index contributed by atoms with van der Waals surface area (Å²) in [6.07, 6.45) is -0.510. The molecule has 0 bridgehead atoms. The van der Waals surface area contributed by atoms with E-state index in [1.807, 2.05) is 0 Å². The molecule has 2 aliphatic heterocycles. The summed E-state index contributed by atoms with van der Waals surface area (Å²) in [6.45, 7) is 5.99. The molecule has 1 saturated heterocycles. The van der Waals surface area contributed by atoms with Gasteiger partial charge >= 0.3 is 11.9 Å². The number of rotatable bonds is 6. The van der Waals surface area contributed by atoms with Gasteiger partial charge in [-0.05, 0) is 46.2 Å². The maximum Gasteiger partial charge on any atom is 0.358 e. The van der Waals surface area contributed by atoms with Crippen LogP contribution in [0.3, 0.4) is 0 Å². The highest BCUT2D eigenvalue weighted by Crippen LogP contribution is 2.48. The maximum absolute atomic E-state index is 12.9. The lowest BCUT2D eigenvalue weighted by molar-refractivity contribution is -0.175. The SMILES string of the molecule is CNC(=O)c1ccc(C2=C(C(=O)OCOC(=O)C(C)(C)C)N3C(=O)[C@H]([C@@H](C)O)[C@H]3C2)s1. The monoisotopic (exact) mass is 450 g/mol. The average molecular weight is 451 g/mol. The molecule has 0 saturated carbocycles. The van der Waals surface area contributed by atoms with Crippen LogP contribution in [0.4, 0.5) is 0 Å². The zero-order valence-corrected chi connectivity index (χ0v) is 18.9. The van der Waals surface area contributed by atoms with Crippen molar-refractivity contribution in [2.24, 2.45) is 11.3 Å². The molecule has 31 heavy (non-hydrogen) atoms. The topological polar surface area (TPSA) is 122 Å². The minimum absolute atomic E-state index is 0.0593. The van der Waals surface area contributed by atoms with E-state index in [0.29, 0.717) is 21.7 Å². The summed E-state index contributed by atoms with van der Waals surface area (Å²) in [4.78, 5) is 51.8. The van der Waals surface area contributed by atoms with Crippen LogP contribution in [0, 0.1) is 11.3 Å². The normalized spacial score (nSPS) is 21.4. The molecule has 9 nitrogen and oxygen atoms in total. The maximum atomic E-state index is 12.9. The lowest BCUT2D eigenvalue weighted by Gasteiger charge is -2.44. The third kappa shape index (κ3) is 4.22. The molecule has 3 heterocycles.